The van der Waals surface area contributed by atoms with E-state index in [1.807, 2.05) is 36.4 Å². The van der Waals surface area contributed by atoms with Crippen molar-refractivity contribution in [1.29, 1.82) is 0 Å². The Balaban J connectivity index is 1.46. The zero-order valence-corrected chi connectivity index (χ0v) is 24.3. The van der Waals surface area contributed by atoms with Gasteiger partial charge in [-0.05, 0) is 71.7 Å². The molecule has 0 unspecified atom stereocenters. The van der Waals surface area contributed by atoms with E-state index in [9.17, 15) is 14.4 Å². The van der Waals surface area contributed by atoms with Crippen LogP contribution in [0.25, 0.3) is 6.08 Å². The fraction of sp³-hybridized carbons (Fsp3) is 0.121. The molecule has 8 heteroatoms. The minimum atomic E-state index is -0.469. The predicted octanol–water partition coefficient (Wildman–Crippen LogP) is 7.60. The molecule has 0 bridgehead atoms. The maximum absolute atomic E-state index is 13.4. The fourth-order valence-corrected chi connectivity index (χ4v) is 4.81. The smallest absolute Gasteiger partial charge is 0.272 e. The molecule has 0 fully saturated rings. The third-order valence-electron chi connectivity index (χ3n) is 6.01. The quantitative estimate of drug-likeness (QED) is 0.132. The molecule has 0 aliphatic rings. The summed E-state index contributed by atoms with van der Waals surface area (Å²) in [7, 11) is 0. The Hall–Kier alpha value is -4.33. The highest BCUT2D eigenvalue weighted by Gasteiger charge is 2.16. The van der Waals surface area contributed by atoms with E-state index in [1.54, 1.807) is 72.8 Å². The molecular weight excluding hydrogens is 554 g/mol. The SMILES string of the molecule is CC(C)c1ccc(/C=C(/NC(=O)c2ccccc2)C(=O)Nc2cccc(SCC(=O)Nc3cccc(Cl)c3)c2)cc1. The Morgan fingerprint density at radius 1 is 0.805 bits per heavy atom. The topological polar surface area (TPSA) is 87.3 Å². The summed E-state index contributed by atoms with van der Waals surface area (Å²) < 4.78 is 0. The number of amides is 3. The lowest BCUT2D eigenvalue weighted by atomic mass is 10.0. The molecule has 4 rings (SSSR count). The van der Waals surface area contributed by atoms with Gasteiger partial charge in [-0.3, -0.25) is 14.4 Å². The van der Waals surface area contributed by atoms with E-state index in [0.717, 1.165) is 10.5 Å². The van der Waals surface area contributed by atoms with Crippen LogP contribution >= 0.6 is 23.4 Å². The van der Waals surface area contributed by atoms with Gasteiger partial charge >= 0.3 is 0 Å². The zero-order valence-electron chi connectivity index (χ0n) is 22.7. The van der Waals surface area contributed by atoms with Crippen LogP contribution in [0.2, 0.25) is 5.02 Å². The van der Waals surface area contributed by atoms with Gasteiger partial charge in [-0.1, -0.05) is 80.0 Å². The lowest BCUT2D eigenvalue weighted by Crippen LogP contribution is -2.30. The van der Waals surface area contributed by atoms with E-state index in [4.69, 9.17) is 11.6 Å². The van der Waals surface area contributed by atoms with Gasteiger partial charge < -0.3 is 16.0 Å². The van der Waals surface area contributed by atoms with Gasteiger partial charge in [-0.15, -0.1) is 11.8 Å². The van der Waals surface area contributed by atoms with Crippen LogP contribution in [-0.2, 0) is 9.59 Å². The minimum absolute atomic E-state index is 0.107. The van der Waals surface area contributed by atoms with Gasteiger partial charge in [0.05, 0.1) is 5.75 Å². The number of hydrogen-bond donors (Lipinski definition) is 3. The van der Waals surface area contributed by atoms with Crippen LogP contribution in [-0.4, -0.2) is 23.5 Å². The van der Waals surface area contributed by atoms with Gasteiger partial charge in [0, 0.05) is 26.9 Å². The minimum Gasteiger partial charge on any atom is -0.325 e. The molecule has 3 amide bonds. The summed E-state index contributed by atoms with van der Waals surface area (Å²) in [5.41, 5.74) is 3.66. The highest BCUT2D eigenvalue weighted by atomic mass is 35.5. The summed E-state index contributed by atoms with van der Waals surface area (Å²) >= 11 is 7.32. The molecule has 0 heterocycles. The Bertz CT molecular complexity index is 1550. The molecule has 0 saturated heterocycles. The van der Waals surface area contributed by atoms with Crippen LogP contribution in [0.3, 0.4) is 0 Å². The first kappa shape index (κ1) is 29.6. The summed E-state index contributed by atoms with van der Waals surface area (Å²) in [6.07, 6.45) is 1.65. The second kappa shape index (κ2) is 14.3. The van der Waals surface area contributed by atoms with E-state index in [-0.39, 0.29) is 23.3 Å². The third kappa shape index (κ3) is 9.10. The molecule has 0 spiro atoms. The number of benzene rings is 4. The molecule has 6 nitrogen and oxygen atoms in total. The van der Waals surface area contributed by atoms with Crippen molar-refractivity contribution in [1.82, 2.24) is 5.32 Å². The van der Waals surface area contributed by atoms with Gasteiger partial charge in [-0.2, -0.15) is 0 Å². The van der Waals surface area contributed by atoms with E-state index >= 15 is 0 Å². The van der Waals surface area contributed by atoms with Crippen LogP contribution < -0.4 is 16.0 Å². The molecule has 0 aromatic heterocycles. The van der Waals surface area contributed by atoms with Gasteiger partial charge in [0.15, 0.2) is 0 Å². The summed E-state index contributed by atoms with van der Waals surface area (Å²) in [6, 6.07) is 30.7. The van der Waals surface area contributed by atoms with Crippen molar-refractivity contribution in [2.75, 3.05) is 16.4 Å². The average molecular weight is 584 g/mol. The fourth-order valence-electron chi connectivity index (χ4n) is 3.86. The van der Waals surface area contributed by atoms with Crippen LogP contribution in [0, 0.1) is 0 Å². The lowest BCUT2D eigenvalue weighted by molar-refractivity contribution is -0.114. The molecule has 0 aliphatic heterocycles. The number of carbonyl (C=O) groups is 3. The standard InChI is InChI=1S/C33H30ClN3O3S/c1-22(2)24-16-14-23(15-17-24)18-30(37-32(39)25-8-4-3-5-9-25)33(40)36-28-12-7-13-29(20-28)41-21-31(38)35-27-11-6-10-26(34)19-27/h3-20,22H,21H2,1-2H3,(H,35,38)(H,36,40)(H,37,39)/b30-18+. The van der Waals surface area contributed by atoms with Crippen molar-refractivity contribution in [3.63, 3.8) is 0 Å². The van der Waals surface area contributed by atoms with Crippen molar-refractivity contribution in [3.8, 4) is 0 Å². The van der Waals surface area contributed by atoms with Crippen molar-refractivity contribution in [2.45, 2.75) is 24.7 Å². The summed E-state index contributed by atoms with van der Waals surface area (Å²) in [4.78, 5) is 39.5. The number of halogens is 1. The first-order valence-corrected chi connectivity index (χ1v) is 14.4. The van der Waals surface area contributed by atoms with E-state index < -0.39 is 5.91 Å². The number of anilines is 2. The number of thioether (sulfide) groups is 1. The number of rotatable bonds is 10. The highest BCUT2D eigenvalue weighted by molar-refractivity contribution is 8.00. The van der Waals surface area contributed by atoms with E-state index in [2.05, 4.69) is 29.8 Å². The van der Waals surface area contributed by atoms with Crippen LogP contribution in [0.1, 0.15) is 41.3 Å². The number of nitrogens with one attached hydrogen (secondary N) is 3. The van der Waals surface area contributed by atoms with Gasteiger partial charge in [0.25, 0.3) is 11.8 Å². The first-order chi connectivity index (χ1) is 19.8. The molecule has 0 radical (unpaired) electrons. The lowest BCUT2D eigenvalue weighted by Gasteiger charge is -2.13. The molecule has 4 aromatic carbocycles. The molecule has 4 aromatic rings. The maximum atomic E-state index is 13.4. The van der Waals surface area contributed by atoms with Crippen LogP contribution in [0.5, 0.6) is 0 Å². The normalized spacial score (nSPS) is 11.2. The highest BCUT2D eigenvalue weighted by Crippen LogP contribution is 2.23. The summed E-state index contributed by atoms with van der Waals surface area (Å²) in [5.74, 6) is -0.483. The maximum Gasteiger partial charge on any atom is 0.272 e. The molecule has 0 atom stereocenters. The zero-order chi connectivity index (χ0) is 29.2. The molecule has 0 saturated carbocycles. The second-order valence-electron chi connectivity index (χ2n) is 9.53. The summed E-state index contributed by atoms with van der Waals surface area (Å²) in [6.45, 7) is 4.23. The monoisotopic (exact) mass is 583 g/mol. The molecular formula is C33H30ClN3O3S. The Labute approximate surface area is 249 Å². The first-order valence-electron chi connectivity index (χ1n) is 13.0. The Kier molecular flexibility index (Phi) is 10.4. The van der Waals surface area contributed by atoms with Gasteiger partial charge in [0.2, 0.25) is 5.91 Å². The molecule has 41 heavy (non-hydrogen) atoms. The van der Waals surface area contributed by atoms with Gasteiger partial charge in [0.1, 0.15) is 5.70 Å². The van der Waals surface area contributed by atoms with Crippen molar-refractivity contribution in [2.24, 2.45) is 0 Å². The third-order valence-corrected chi connectivity index (χ3v) is 7.24. The molecule has 3 N–H and O–H groups in total. The van der Waals surface area contributed by atoms with Crippen LogP contribution in [0.4, 0.5) is 11.4 Å². The van der Waals surface area contributed by atoms with E-state index in [0.29, 0.717) is 27.9 Å². The average Bonchev–Trinajstić information content (AvgIpc) is 2.96. The number of hydrogen-bond acceptors (Lipinski definition) is 4. The Morgan fingerprint density at radius 2 is 1.49 bits per heavy atom. The molecule has 208 valence electrons. The van der Waals surface area contributed by atoms with Crippen molar-refractivity contribution in [3.05, 3.63) is 131 Å². The van der Waals surface area contributed by atoms with Crippen LogP contribution in [0.15, 0.2) is 114 Å². The Morgan fingerprint density at radius 3 is 2.17 bits per heavy atom. The number of carbonyl (C=O) groups excluding carboxylic acids is 3. The van der Waals surface area contributed by atoms with Crippen molar-refractivity contribution < 1.29 is 14.4 Å². The molecule has 0 aliphatic carbocycles. The predicted molar refractivity (Wildman–Crippen MR) is 168 cm³/mol. The van der Waals surface area contributed by atoms with Crippen molar-refractivity contribution >= 4 is 58.5 Å². The summed E-state index contributed by atoms with van der Waals surface area (Å²) in [5, 5.41) is 8.99. The largest absolute Gasteiger partial charge is 0.325 e. The van der Waals surface area contributed by atoms with E-state index in [1.165, 1.54) is 17.3 Å². The second-order valence-corrected chi connectivity index (χ2v) is 11.0. The van der Waals surface area contributed by atoms with Gasteiger partial charge in [-0.25, -0.2) is 0 Å².